The first kappa shape index (κ1) is 12.0. The summed E-state index contributed by atoms with van der Waals surface area (Å²) >= 11 is 0. The molecule has 3 rings (SSSR count). The molecule has 0 fully saturated rings. The highest BCUT2D eigenvalue weighted by Crippen LogP contribution is 2.29. The molecule has 3 nitrogen and oxygen atoms in total. The van der Waals surface area contributed by atoms with Gasteiger partial charge in [-0.2, -0.15) is 0 Å². The third-order valence-electron chi connectivity index (χ3n) is 3.72. The van der Waals surface area contributed by atoms with E-state index in [4.69, 9.17) is 5.11 Å². The second-order valence-corrected chi connectivity index (χ2v) is 5.09. The highest BCUT2D eigenvalue weighted by molar-refractivity contribution is 5.87. The molecule has 98 valence electrons. The number of carbonyl (C=O) groups is 1. The van der Waals surface area contributed by atoms with Crippen LogP contribution in [0.4, 0.5) is 0 Å². The summed E-state index contributed by atoms with van der Waals surface area (Å²) in [5.74, 6) is -0.795. The lowest BCUT2D eigenvalue weighted by Gasteiger charge is -2.10. The van der Waals surface area contributed by atoms with Crippen molar-refractivity contribution in [1.29, 1.82) is 0 Å². The first-order valence-electron chi connectivity index (χ1n) is 6.76. The fourth-order valence-electron chi connectivity index (χ4n) is 2.82. The van der Waals surface area contributed by atoms with E-state index in [0.29, 0.717) is 0 Å². The number of aromatic nitrogens is 1. The molecule has 0 bridgehead atoms. The van der Waals surface area contributed by atoms with Crippen molar-refractivity contribution in [3.05, 3.63) is 41.1 Å². The van der Waals surface area contributed by atoms with E-state index in [1.54, 1.807) is 6.08 Å². The quantitative estimate of drug-likeness (QED) is 0.881. The Labute approximate surface area is 112 Å². The van der Waals surface area contributed by atoms with Crippen LogP contribution < -0.4 is 0 Å². The second kappa shape index (κ2) is 4.92. The van der Waals surface area contributed by atoms with Crippen LogP contribution >= 0.6 is 0 Å². The molecule has 0 atom stereocenters. The molecule has 0 saturated heterocycles. The topological polar surface area (TPSA) is 53.1 Å². The molecule has 1 heterocycles. The normalized spacial score (nSPS) is 14.9. The van der Waals surface area contributed by atoms with Crippen molar-refractivity contribution in [2.24, 2.45) is 0 Å². The maximum absolute atomic E-state index is 10.5. The van der Waals surface area contributed by atoms with Gasteiger partial charge in [0.2, 0.25) is 0 Å². The fourth-order valence-corrected chi connectivity index (χ4v) is 2.82. The molecule has 0 amide bonds. The molecule has 1 aliphatic rings. The van der Waals surface area contributed by atoms with Crippen LogP contribution in [0.25, 0.3) is 17.0 Å². The van der Waals surface area contributed by atoms with Crippen molar-refractivity contribution < 1.29 is 9.90 Å². The monoisotopic (exact) mass is 255 g/mol. The number of nitrogens with one attached hydrogen (secondary N) is 1. The van der Waals surface area contributed by atoms with Crippen LogP contribution in [0.2, 0.25) is 0 Å². The Morgan fingerprint density at radius 2 is 2.16 bits per heavy atom. The fraction of sp³-hybridized carbons (Fsp3) is 0.312. The van der Waals surface area contributed by atoms with E-state index in [1.165, 1.54) is 35.0 Å². The zero-order valence-corrected chi connectivity index (χ0v) is 10.8. The number of H-pyrrole nitrogens is 1. The first-order chi connectivity index (χ1) is 9.24. The predicted molar refractivity (Wildman–Crippen MR) is 76.2 cm³/mol. The van der Waals surface area contributed by atoms with Gasteiger partial charge in [0.25, 0.3) is 0 Å². The molecule has 2 aromatic rings. The van der Waals surface area contributed by atoms with Crippen molar-refractivity contribution in [3.8, 4) is 0 Å². The van der Waals surface area contributed by atoms with E-state index in [0.717, 1.165) is 18.4 Å². The first-order valence-corrected chi connectivity index (χ1v) is 6.76. The van der Waals surface area contributed by atoms with E-state index in [1.807, 2.05) is 12.1 Å². The minimum atomic E-state index is -0.795. The molecule has 1 aromatic heterocycles. The zero-order chi connectivity index (χ0) is 13.2. The third kappa shape index (κ3) is 2.41. The smallest absolute Gasteiger partial charge is 0.307 e. The highest BCUT2D eigenvalue weighted by atomic mass is 16.4. The Kier molecular flexibility index (Phi) is 3.11. The maximum atomic E-state index is 10.5. The molecule has 2 N–H and O–H groups in total. The van der Waals surface area contributed by atoms with Crippen LogP contribution in [0, 0.1) is 0 Å². The van der Waals surface area contributed by atoms with Gasteiger partial charge in [-0.3, -0.25) is 4.79 Å². The lowest BCUT2D eigenvalue weighted by atomic mass is 9.95. The van der Waals surface area contributed by atoms with Gasteiger partial charge in [0.15, 0.2) is 0 Å². The van der Waals surface area contributed by atoms with Crippen molar-refractivity contribution in [2.45, 2.75) is 32.1 Å². The van der Waals surface area contributed by atoms with Gasteiger partial charge >= 0.3 is 5.97 Å². The second-order valence-electron chi connectivity index (χ2n) is 5.09. The van der Waals surface area contributed by atoms with Gasteiger partial charge in [0.1, 0.15) is 0 Å². The van der Waals surface area contributed by atoms with E-state index in [-0.39, 0.29) is 6.42 Å². The van der Waals surface area contributed by atoms with E-state index >= 15 is 0 Å². The van der Waals surface area contributed by atoms with Gasteiger partial charge in [0, 0.05) is 16.6 Å². The molecule has 0 aliphatic heterocycles. The number of aromatic amines is 1. The Hall–Kier alpha value is -2.03. The molecule has 0 radical (unpaired) electrons. The minimum Gasteiger partial charge on any atom is -0.481 e. The van der Waals surface area contributed by atoms with Crippen molar-refractivity contribution in [2.75, 3.05) is 0 Å². The standard InChI is InChI=1S/C16H17NO2/c18-16(19)7-3-4-11-8-9-15-13(10-11)12-5-1-2-6-14(12)17-15/h3-4,8-10,17H,1-2,5-7H2,(H,18,19). The number of hydrogen-bond acceptors (Lipinski definition) is 1. The Morgan fingerprint density at radius 3 is 3.00 bits per heavy atom. The largest absolute Gasteiger partial charge is 0.481 e. The summed E-state index contributed by atoms with van der Waals surface area (Å²) in [4.78, 5) is 14.0. The van der Waals surface area contributed by atoms with Crippen LogP contribution in [-0.2, 0) is 17.6 Å². The number of carboxylic acids is 1. The zero-order valence-electron chi connectivity index (χ0n) is 10.8. The molecule has 0 spiro atoms. The van der Waals surface area contributed by atoms with Crippen LogP contribution in [0.15, 0.2) is 24.3 Å². The van der Waals surface area contributed by atoms with Gasteiger partial charge in [-0.15, -0.1) is 0 Å². The molecule has 19 heavy (non-hydrogen) atoms. The van der Waals surface area contributed by atoms with Gasteiger partial charge in [-0.05, 0) is 48.9 Å². The molecule has 3 heteroatoms. The van der Waals surface area contributed by atoms with Gasteiger partial charge in [-0.1, -0.05) is 18.2 Å². The Morgan fingerprint density at radius 1 is 1.32 bits per heavy atom. The summed E-state index contributed by atoms with van der Waals surface area (Å²) in [6.45, 7) is 0. The number of hydrogen-bond donors (Lipinski definition) is 2. The molecule has 0 unspecified atom stereocenters. The third-order valence-corrected chi connectivity index (χ3v) is 3.72. The molecular formula is C16H17NO2. The van der Waals surface area contributed by atoms with Crippen LogP contribution in [-0.4, -0.2) is 16.1 Å². The van der Waals surface area contributed by atoms with Crippen LogP contribution in [0.1, 0.15) is 36.1 Å². The van der Waals surface area contributed by atoms with E-state index in [2.05, 4.69) is 17.1 Å². The van der Waals surface area contributed by atoms with E-state index < -0.39 is 5.97 Å². The summed E-state index contributed by atoms with van der Waals surface area (Å²) in [6, 6.07) is 6.28. The molecule has 1 aliphatic carbocycles. The van der Waals surface area contributed by atoms with E-state index in [9.17, 15) is 4.79 Å². The predicted octanol–water partition coefficient (Wildman–Crippen LogP) is 3.53. The number of aliphatic carboxylic acids is 1. The molecule has 1 aromatic carbocycles. The summed E-state index contributed by atoms with van der Waals surface area (Å²) < 4.78 is 0. The lowest BCUT2D eigenvalue weighted by Crippen LogP contribution is -1.99. The minimum absolute atomic E-state index is 0.0727. The SMILES string of the molecule is O=C(O)CC=Cc1ccc2[nH]c3c(c2c1)CCCC3. The van der Waals surface area contributed by atoms with Crippen LogP contribution in [0.3, 0.4) is 0 Å². The van der Waals surface area contributed by atoms with Crippen molar-refractivity contribution >= 4 is 22.9 Å². The maximum Gasteiger partial charge on any atom is 0.307 e. The van der Waals surface area contributed by atoms with Crippen molar-refractivity contribution in [3.63, 3.8) is 0 Å². The average Bonchev–Trinajstić information content (AvgIpc) is 2.76. The number of benzene rings is 1. The summed E-state index contributed by atoms with van der Waals surface area (Å²) in [5.41, 5.74) is 5.10. The Bertz CT molecular complexity index is 652. The van der Waals surface area contributed by atoms with Gasteiger partial charge < -0.3 is 10.1 Å². The van der Waals surface area contributed by atoms with Gasteiger partial charge in [-0.25, -0.2) is 0 Å². The summed E-state index contributed by atoms with van der Waals surface area (Å²) in [7, 11) is 0. The Balaban J connectivity index is 1.95. The summed E-state index contributed by atoms with van der Waals surface area (Å²) in [5, 5.41) is 9.93. The average molecular weight is 255 g/mol. The molecular weight excluding hydrogens is 238 g/mol. The lowest BCUT2D eigenvalue weighted by molar-refractivity contribution is -0.135. The molecule has 0 saturated carbocycles. The van der Waals surface area contributed by atoms with Crippen LogP contribution in [0.5, 0.6) is 0 Å². The number of aryl methyl sites for hydroxylation is 2. The summed E-state index contributed by atoms with van der Waals surface area (Å²) in [6.07, 6.45) is 8.48. The van der Waals surface area contributed by atoms with Gasteiger partial charge in [0.05, 0.1) is 6.42 Å². The highest BCUT2D eigenvalue weighted by Gasteiger charge is 2.14. The number of carboxylic acid groups (broad SMARTS) is 1. The number of fused-ring (bicyclic) bond motifs is 3. The van der Waals surface area contributed by atoms with Crippen molar-refractivity contribution in [1.82, 2.24) is 4.98 Å². The number of rotatable bonds is 3.